The molecule has 38 valence electrons. The third-order valence-corrected chi connectivity index (χ3v) is 0.961. The summed E-state index contributed by atoms with van der Waals surface area (Å²) in [6.45, 7) is 3.07. The zero-order valence-corrected chi connectivity index (χ0v) is 6.53. The van der Waals surface area contributed by atoms with Crippen LogP contribution in [0.5, 0.6) is 0 Å². The second-order valence-corrected chi connectivity index (χ2v) is 1.77. The Bertz CT molecular complexity index is 19.5. The van der Waals surface area contributed by atoms with Crippen LogP contribution in [0.15, 0.2) is 0 Å². The summed E-state index contributed by atoms with van der Waals surface area (Å²) in [7, 11) is 1.18. The summed E-state index contributed by atoms with van der Waals surface area (Å²) in [5, 5.41) is 0. The summed E-state index contributed by atoms with van der Waals surface area (Å²) in [4.78, 5) is 0. The molecule has 0 atom stereocenters. The lowest BCUT2D eigenvalue weighted by molar-refractivity contribution is 0.179. The van der Waals surface area contributed by atoms with Crippen molar-refractivity contribution in [3.63, 3.8) is 0 Å². The summed E-state index contributed by atoms with van der Waals surface area (Å²) in [6.07, 6.45) is 2.15. The lowest BCUT2D eigenvalue weighted by Gasteiger charge is -1.91. The van der Waals surface area contributed by atoms with Crippen LogP contribution >= 0.6 is 0 Å². The average molecular weight is 104 g/mol. The molecular formula is C4H12OSi. The van der Waals surface area contributed by atoms with Crippen LogP contribution in [-0.4, -0.2) is 23.1 Å². The zero-order valence-electron chi connectivity index (χ0n) is 4.53. The van der Waals surface area contributed by atoms with E-state index >= 15 is 0 Å². The first kappa shape index (κ1) is 6.18. The molecule has 1 nitrogen and oxygen atoms in total. The van der Waals surface area contributed by atoms with Crippen molar-refractivity contribution in [3.05, 3.63) is 0 Å². The predicted molar refractivity (Wildman–Crippen MR) is 31.0 cm³/mol. The third-order valence-electron chi connectivity index (χ3n) is 0.553. The molecule has 0 fully saturated rings. The molecule has 0 heterocycles. The summed E-state index contributed by atoms with van der Waals surface area (Å²) in [5.74, 6) is 0. The highest BCUT2D eigenvalue weighted by Gasteiger charge is 1.72. The van der Waals surface area contributed by atoms with Crippen LogP contribution in [0, 0.1) is 0 Å². The smallest absolute Gasteiger partial charge is 0.0458 e. The number of hydrogen-bond donors (Lipinski definition) is 0. The Kier molecular flexibility index (Phi) is 5.33. The molecule has 0 saturated carbocycles. The van der Waals surface area contributed by atoms with Gasteiger partial charge in [0.05, 0.1) is 0 Å². The van der Waals surface area contributed by atoms with E-state index in [9.17, 15) is 0 Å². The first-order valence-electron chi connectivity index (χ1n) is 2.49. The van der Waals surface area contributed by atoms with Gasteiger partial charge in [-0.2, -0.15) is 0 Å². The summed E-state index contributed by atoms with van der Waals surface area (Å²) in [6, 6.07) is 0. The molecule has 0 spiro atoms. The Morgan fingerprint density at radius 2 is 2.33 bits per heavy atom. The van der Waals surface area contributed by atoms with E-state index in [2.05, 4.69) is 6.92 Å². The molecule has 0 aliphatic heterocycles. The van der Waals surface area contributed by atoms with Crippen LogP contribution in [-0.2, 0) is 4.74 Å². The SMILES string of the molecule is CCCOC[SiH3]. The van der Waals surface area contributed by atoms with Crippen LogP contribution < -0.4 is 0 Å². The molecule has 0 saturated heterocycles. The minimum atomic E-state index is 0.948. The average Bonchev–Trinajstić information content (AvgIpc) is 1.61. The van der Waals surface area contributed by atoms with Crippen molar-refractivity contribution >= 4 is 10.2 Å². The minimum Gasteiger partial charge on any atom is -0.386 e. The van der Waals surface area contributed by atoms with Crippen LogP contribution in [0.4, 0.5) is 0 Å². The standard InChI is InChI=1S/C4H12OSi/c1-2-3-5-4-6/h2-4H2,1,6H3. The monoisotopic (exact) mass is 104 g/mol. The van der Waals surface area contributed by atoms with Gasteiger partial charge < -0.3 is 4.74 Å². The first-order chi connectivity index (χ1) is 2.91. The second-order valence-electron chi connectivity index (χ2n) is 1.20. The largest absolute Gasteiger partial charge is 0.386 e. The molecule has 0 aromatic heterocycles. The van der Waals surface area contributed by atoms with Gasteiger partial charge in [-0.1, -0.05) is 6.92 Å². The van der Waals surface area contributed by atoms with E-state index in [1.54, 1.807) is 0 Å². The van der Waals surface area contributed by atoms with E-state index in [4.69, 9.17) is 4.74 Å². The van der Waals surface area contributed by atoms with Gasteiger partial charge in [-0.05, 0) is 6.42 Å². The lowest BCUT2D eigenvalue weighted by Crippen LogP contribution is -1.92. The summed E-state index contributed by atoms with van der Waals surface area (Å²) >= 11 is 0. The van der Waals surface area contributed by atoms with Gasteiger partial charge in [-0.3, -0.25) is 0 Å². The maximum Gasteiger partial charge on any atom is 0.0458 e. The van der Waals surface area contributed by atoms with Crippen LogP contribution in [0.3, 0.4) is 0 Å². The van der Waals surface area contributed by atoms with Gasteiger partial charge >= 0.3 is 0 Å². The van der Waals surface area contributed by atoms with Gasteiger partial charge in [0.15, 0.2) is 0 Å². The van der Waals surface area contributed by atoms with E-state index < -0.39 is 0 Å². The van der Waals surface area contributed by atoms with Gasteiger partial charge in [0, 0.05) is 23.1 Å². The summed E-state index contributed by atoms with van der Waals surface area (Å²) < 4.78 is 5.04. The Hall–Kier alpha value is 0.177. The molecule has 0 aliphatic rings. The molecule has 0 rings (SSSR count). The zero-order chi connectivity index (χ0) is 4.83. The minimum absolute atomic E-state index is 0.948. The van der Waals surface area contributed by atoms with Gasteiger partial charge in [0.25, 0.3) is 0 Å². The van der Waals surface area contributed by atoms with Crippen LogP contribution in [0.1, 0.15) is 13.3 Å². The van der Waals surface area contributed by atoms with E-state index in [1.165, 1.54) is 10.2 Å². The molecule has 2 heteroatoms. The van der Waals surface area contributed by atoms with E-state index in [-0.39, 0.29) is 0 Å². The van der Waals surface area contributed by atoms with Crippen molar-refractivity contribution in [1.29, 1.82) is 0 Å². The van der Waals surface area contributed by atoms with E-state index in [0.717, 1.165) is 19.3 Å². The molecule has 0 bridgehead atoms. The molecule has 0 N–H and O–H groups in total. The highest BCUT2D eigenvalue weighted by atomic mass is 28.1. The normalized spacial score (nSPS) is 9.50. The third kappa shape index (κ3) is 4.18. The van der Waals surface area contributed by atoms with Crippen molar-refractivity contribution in [2.24, 2.45) is 0 Å². The Balaban J connectivity index is 2.34. The topological polar surface area (TPSA) is 9.23 Å². The van der Waals surface area contributed by atoms with Crippen LogP contribution in [0.2, 0.25) is 0 Å². The molecule has 0 aromatic carbocycles. The quantitative estimate of drug-likeness (QED) is 0.354. The number of ether oxygens (including phenoxy) is 1. The predicted octanol–water partition coefficient (Wildman–Crippen LogP) is -0.264. The van der Waals surface area contributed by atoms with Gasteiger partial charge in [0.2, 0.25) is 0 Å². The highest BCUT2D eigenvalue weighted by Crippen LogP contribution is 1.74. The van der Waals surface area contributed by atoms with Crippen molar-refractivity contribution < 1.29 is 4.74 Å². The van der Waals surface area contributed by atoms with E-state index in [0.29, 0.717) is 0 Å². The molecule has 0 aliphatic carbocycles. The Labute approximate surface area is 42.1 Å². The van der Waals surface area contributed by atoms with Gasteiger partial charge in [0.1, 0.15) is 0 Å². The first-order valence-corrected chi connectivity index (χ1v) is 3.91. The van der Waals surface area contributed by atoms with Crippen molar-refractivity contribution in [2.45, 2.75) is 13.3 Å². The number of hydrogen-bond acceptors (Lipinski definition) is 1. The van der Waals surface area contributed by atoms with Crippen molar-refractivity contribution in [2.75, 3.05) is 12.8 Å². The fourth-order valence-electron chi connectivity index (χ4n) is 0.289. The van der Waals surface area contributed by atoms with Crippen LogP contribution in [0.25, 0.3) is 0 Å². The van der Waals surface area contributed by atoms with E-state index in [1.807, 2.05) is 0 Å². The molecule has 0 amide bonds. The molecule has 6 heavy (non-hydrogen) atoms. The molecular weight excluding hydrogens is 92.1 g/mol. The maximum absolute atomic E-state index is 5.04. The number of rotatable bonds is 3. The lowest BCUT2D eigenvalue weighted by atomic mass is 10.5. The molecule has 0 unspecified atom stereocenters. The Morgan fingerprint density at radius 3 is 2.50 bits per heavy atom. The fraction of sp³-hybridized carbons (Fsp3) is 1.00. The van der Waals surface area contributed by atoms with Gasteiger partial charge in [-0.15, -0.1) is 0 Å². The molecule has 0 aromatic rings. The highest BCUT2D eigenvalue weighted by molar-refractivity contribution is 6.08. The Morgan fingerprint density at radius 1 is 1.67 bits per heavy atom. The summed E-state index contributed by atoms with van der Waals surface area (Å²) in [5.41, 5.74) is 0. The van der Waals surface area contributed by atoms with Crippen molar-refractivity contribution in [1.82, 2.24) is 0 Å². The maximum atomic E-state index is 5.04. The van der Waals surface area contributed by atoms with Crippen molar-refractivity contribution in [3.8, 4) is 0 Å². The second kappa shape index (κ2) is 5.18. The van der Waals surface area contributed by atoms with Gasteiger partial charge in [-0.25, -0.2) is 0 Å². The fourth-order valence-corrected chi connectivity index (χ4v) is 0.577. The molecule has 0 radical (unpaired) electrons.